The Morgan fingerprint density at radius 3 is 2.50 bits per heavy atom. The maximum atomic E-state index is 11.9. The Morgan fingerprint density at radius 2 is 2.00 bits per heavy atom. The molecule has 6 nitrogen and oxygen atoms in total. The second-order valence-electron chi connectivity index (χ2n) is 5.72. The van der Waals surface area contributed by atoms with E-state index in [1.165, 1.54) is 4.90 Å². The topological polar surface area (TPSA) is 89.9 Å². The molecule has 0 aromatic rings. The molecule has 1 rings (SSSR count). The Kier molecular flexibility index (Phi) is 4.70. The van der Waals surface area contributed by atoms with Crippen LogP contribution in [0.1, 0.15) is 33.6 Å². The Morgan fingerprint density at radius 1 is 1.39 bits per heavy atom. The number of aliphatic hydroxyl groups excluding tert-OH is 1. The van der Waals surface area contributed by atoms with E-state index in [-0.39, 0.29) is 30.8 Å². The maximum absolute atomic E-state index is 11.9. The fourth-order valence-electron chi connectivity index (χ4n) is 2.01. The van der Waals surface area contributed by atoms with Crippen molar-refractivity contribution in [3.8, 4) is 0 Å². The molecule has 3 N–H and O–H groups in total. The highest BCUT2D eigenvalue weighted by atomic mass is 16.4. The number of hydrogen-bond donors (Lipinski definition) is 3. The summed E-state index contributed by atoms with van der Waals surface area (Å²) < 4.78 is 0. The quantitative estimate of drug-likeness (QED) is 0.650. The minimum absolute atomic E-state index is 0.0724. The molecule has 18 heavy (non-hydrogen) atoms. The van der Waals surface area contributed by atoms with Crippen molar-refractivity contribution in [2.75, 3.05) is 13.1 Å². The Labute approximate surface area is 107 Å². The van der Waals surface area contributed by atoms with E-state index in [2.05, 4.69) is 5.32 Å². The van der Waals surface area contributed by atoms with E-state index in [4.69, 9.17) is 5.11 Å². The van der Waals surface area contributed by atoms with E-state index in [1.54, 1.807) is 0 Å². The zero-order valence-electron chi connectivity index (χ0n) is 11.1. The lowest BCUT2D eigenvalue weighted by Gasteiger charge is -2.24. The molecule has 1 aliphatic heterocycles. The van der Waals surface area contributed by atoms with Gasteiger partial charge in [0.25, 0.3) is 0 Å². The fraction of sp³-hybridized carbons (Fsp3) is 0.833. The molecule has 1 heterocycles. The van der Waals surface area contributed by atoms with Crippen LogP contribution in [0.2, 0.25) is 0 Å². The van der Waals surface area contributed by atoms with Crippen LogP contribution in [0.5, 0.6) is 0 Å². The van der Waals surface area contributed by atoms with E-state index in [1.807, 2.05) is 20.8 Å². The first-order valence-electron chi connectivity index (χ1n) is 6.16. The van der Waals surface area contributed by atoms with Crippen LogP contribution in [0.4, 0.5) is 0 Å². The molecule has 2 atom stereocenters. The summed E-state index contributed by atoms with van der Waals surface area (Å²) in [5, 5.41) is 21.6. The summed E-state index contributed by atoms with van der Waals surface area (Å²) in [5.74, 6) is -1.28. The number of nitrogens with zero attached hydrogens (tertiary/aromatic N) is 1. The molecule has 1 saturated heterocycles. The number of hydrogen-bond acceptors (Lipinski definition) is 4. The number of carboxylic acids is 1. The summed E-state index contributed by atoms with van der Waals surface area (Å²) in [4.78, 5) is 24.1. The standard InChI is InChI=1S/C12H22N2O4/c1-12(2,3)13-5-4-10(16)14-7-8(15)6-9(14)11(17)18/h8-9,13,15H,4-7H2,1-3H3,(H,17,18)/t8?,9-/m0/s1. The number of aliphatic hydroxyl groups is 1. The molecule has 0 saturated carbocycles. The zero-order chi connectivity index (χ0) is 13.9. The monoisotopic (exact) mass is 258 g/mol. The number of likely N-dealkylation sites (tertiary alicyclic amines) is 1. The molecule has 0 aromatic heterocycles. The lowest BCUT2D eigenvalue weighted by Crippen LogP contribution is -2.43. The van der Waals surface area contributed by atoms with Crippen LogP contribution in [-0.2, 0) is 9.59 Å². The average Bonchev–Trinajstić information content (AvgIpc) is 2.58. The summed E-state index contributed by atoms with van der Waals surface area (Å²) in [5.41, 5.74) is -0.0724. The maximum Gasteiger partial charge on any atom is 0.326 e. The smallest absolute Gasteiger partial charge is 0.326 e. The van der Waals surface area contributed by atoms with E-state index in [9.17, 15) is 14.7 Å². The SMILES string of the molecule is CC(C)(C)NCCC(=O)N1CC(O)C[C@H]1C(=O)O. The molecule has 104 valence electrons. The van der Waals surface area contributed by atoms with Crippen molar-refractivity contribution in [1.29, 1.82) is 0 Å². The van der Waals surface area contributed by atoms with Gasteiger partial charge in [0.1, 0.15) is 6.04 Å². The minimum atomic E-state index is -1.05. The third-order valence-corrected chi connectivity index (χ3v) is 2.88. The third kappa shape index (κ3) is 4.27. The van der Waals surface area contributed by atoms with Gasteiger partial charge in [0.15, 0.2) is 0 Å². The molecule has 1 unspecified atom stereocenters. The number of amides is 1. The van der Waals surface area contributed by atoms with Crippen molar-refractivity contribution in [1.82, 2.24) is 10.2 Å². The van der Waals surface area contributed by atoms with Crippen molar-refractivity contribution in [3.63, 3.8) is 0 Å². The molecular formula is C12H22N2O4. The summed E-state index contributed by atoms with van der Waals surface area (Å²) in [6, 6.07) is -0.887. The fourth-order valence-corrected chi connectivity index (χ4v) is 2.01. The van der Waals surface area contributed by atoms with E-state index >= 15 is 0 Å². The highest BCUT2D eigenvalue weighted by molar-refractivity contribution is 5.84. The van der Waals surface area contributed by atoms with Gasteiger partial charge in [-0.3, -0.25) is 4.79 Å². The number of nitrogens with one attached hydrogen (secondary N) is 1. The van der Waals surface area contributed by atoms with E-state index in [0.29, 0.717) is 6.54 Å². The van der Waals surface area contributed by atoms with Gasteiger partial charge in [-0.25, -0.2) is 4.79 Å². The van der Waals surface area contributed by atoms with Crippen molar-refractivity contribution >= 4 is 11.9 Å². The Balaban J connectivity index is 2.48. The summed E-state index contributed by atoms with van der Waals surface area (Å²) in [7, 11) is 0. The number of carboxylic acid groups (broad SMARTS) is 1. The highest BCUT2D eigenvalue weighted by Gasteiger charge is 2.38. The predicted molar refractivity (Wildman–Crippen MR) is 66.1 cm³/mol. The molecule has 0 aliphatic carbocycles. The average molecular weight is 258 g/mol. The first-order valence-corrected chi connectivity index (χ1v) is 6.16. The van der Waals surface area contributed by atoms with Crippen LogP contribution in [0, 0.1) is 0 Å². The number of aliphatic carboxylic acids is 1. The number of β-amino-alcohol motifs (C(OH)–C–C–N with tert-alkyl or cyclic N) is 1. The van der Waals surface area contributed by atoms with Crippen molar-refractivity contribution < 1.29 is 19.8 Å². The van der Waals surface area contributed by atoms with Crippen LogP contribution in [0.15, 0.2) is 0 Å². The Bertz CT molecular complexity index is 325. The van der Waals surface area contributed by atoms with E-state index < -0.39 is 18.1 Å². The van der Waals surface area contributed by atoms with Gasteiger partial charge in [-0.15, -0.1) is 0 Å². The van der Waals surface area contributed by atoms with Crippen LogP contribution in [-0.4, -0.2) is 57.8 Å². The van der Waals surface area contributed by atoms with Crippen molar-refractivity contribution in [3.05, 3.63) is 0 Å². The van der Waals surface area contributed by atoms with Gasteiger partial charge in [0, 0.05) is 31.5 Å². The van der Waals surface area contributed by atoms with Gasteiger partial charge in [-0.05, 0) is 20.8 Å². The van der Waals surface area contributed by atoms with Gasteiger partial charge in [-0.1, -0.05) is 0 Å². The minimum Gasteiger partial charge on any atom is -0.480 e. The van der Waals surface area contributed by atoms with Crippen LogP contribution in [0.3, 0.4) is 0 Å². The molecule has 0 spiro atoms. The van der Waals surface area contributed by atoms with Gasteiger partial charge in [0.05, 0.1) is 6.10 Å². The molecule has 1 fully saturated rings. The predicted octanol–water partition coefficient (Wildman–Crippen LogP) is -0.189. The largest absolute Gasteiger partial charge is 0.480 e. The van der Waals surface area contributed by atoms with Crippen LogP contribution in [0.25, 0.3) is 0 Å². The van der Waals surface area contributed by atoms with Crippen molar-refractivity contribution in [2.45, 2.75) is 51.3 Å². The summed E-state index contributed by atoms with van der Waals surface area (Å²) in [6.45, 7) is 6.61. The normalized spacial score (nSPS) is 24.3. The molecule has 1 aliphatic rings. The van der Waals surface area contributed by atoms with Crippen molar-refractivity contribution in [2.24, 2.45) is 0 Å². The number of carbonyl (C=O) groups excluding carboxylic acids is 1. The molecule has 6 heteroatoms. The van der Waals surface area contributed by atoms with Gasteiger partial charge >= 0.3 is 5.97 Å². The lowest BCUT2D eigenvalue weighted by atomic mass is 10.1. The first kappa shape index (κ1) is 14.9. The summed E-state index contributed by atoms with van der Waals surface area (Å²) >= 11 is 0. The highest BCUT2D eigenvalue weighted by Crippen LogP contribution is 2.19. The molecule has 0 aromatic carbocycles. The van der Waals surface area contributed by atoms with Gasteiger partial charge in [0.2, 0.25) is 5.91 Å². The molecule has 0 radical (unpaired) electrons. The molecule has 0 bridgehead atoms. The lowest BCUT2D eigenvalue weighted by molar-refractivity contribution is -0.148. The number of carbonyl (C=O) groups is 2. The summed E-state index contributed by atoms with van der Waals surface area (Å²) in [6.07, 6.45) is -0.368. The van der Waals surface area contributed by atoms with Gasteiger partial charge < -0.3 is 20.4 Å². The molecule has 1 amide bonds. The van der Waals surface area contributed by atoms with Crippen LogP contribution < -0.4 is 5.32 Å². The first-order chi connectivity index (χ1) is 8.20. The second kappa shape index (κ2) is 5.67. The van der Waals surface area contributed by atoms with Gasteiger partial charge in [-0.2, -0.15) is 0 Å². The molecular weight excluding hydrogens is 236 g/mol. The number of rotatable bonds is 4. The second-order valence-corrected chi connectivity index (χ2v) is 5.72. The third-order valence-electron chi connectivity index (χ3n) is 2.88. The zero-order valence-corrected chi connectivity index (χ0v) is 11.1. The van der Waals surface area contributed by atoms with Crippen LogP contribution >= 0.6 is 0 Å². The Hall–Kier alpha value is -1.14. The van der Waals surface area contributed by atoms with E-state index in [0.717, 1.165) is 0 Å².